The van der Waals surface area contributed by atoms with Crippen LogP contribution in [-0.2, 0) is 16.0 Å². The van der Waals surface area contributed by atoms with Crippen LogP contribution in [0.3, 0.4) is 0 Å². The van der Waals surface area contributed by atoms with Crippen LogP contribution in [0.1, 0.15) is 17.2 Å². The Morgan fingerprint density at radius 2 is 2.06 bits per heavy atom. The van der Waals surface area contributed by atoms with Crippen molar-refractivity contribution < 1.29 is 24.2 Å². The van der Waals surface area contributed by atoms with Gasteiger partial charge in [-0.05, 0) is 24.3 Å². The van der Waals surface area contributed by atoms with Crippen LogP contribution in [0.5, 0.6) is 5.75 Å². The number of anilines is 1. The quantitative estimate of drug-likeness (QED) is 0.406. The summed E-state index contributed by atoms with van der Waals surface area (Å²) >= 11 is 0. The maximum absolute atomic E-state index is 12.0. The van der Waals surface area contributed by atoms with E-state index in [1.54, 1.807) is 18.2 Å². The fourth-order valence-electron chi connectivity index (χ4n) is 3.65. The Kier molecular flexibility index (Phi) is 7.04. The number of methoxy groups -OCH3 is 2. The lowest BCUT2D eigenvalue weighted by molar-refractivity contribution is -0.481. The van der Waals surface area contributed by atoms with E-state index in [2.05, 4.69) is 16.5 Å². The van der Waals surface area contributed by atoms with E-state index in [0.717, 1.165) is 4.68 Å². The molecule has 3 rings (SSSR count). The molecule has 1 aromatic carbocycles. The number of aliphatic hydroxyl groups is 1. The molecular weight excluding hydrogens is 422 g/mol. The summed E-state index contributed by atoms with van der Waals surface area (Å²) in [6.07, 6.45) is -1.20. The zero-order valence-electron chi connectivity index (χ0n) is 17.6. The molecule has 32 heavy (non-hydrogen) atoms. The maximum atomic E-state index is 12.0. The van der Waals surface area contributed by atoms with Crippen molar-refractivity contribution in [1.29, 1.82) is 5.26 Å². The largest absolute Gasteiger partial charge is 0.479 e. The van der Waals surface area contributed by atoms with E-state index in [4.69, 9.17) is 14.2 Å². The number of fused-ring (bicyclic) bond motifs is 1. The molecule has 0 bridgehead atoms. The van der Waals surface area contributed by atoms with E-state index < -0.39 is 34.8 Å². The number of ether oxygens (including phenoxy) is 3. The van der Waals surface area contributed by atoms with Crippen LogP contribution >= 0.6 is 0 Å². The molecule has 1 aromatic heterocycles. The van der Waals surface area contributed by atoms with E-state index in [1.807, 2.05) is 0 Å². The van der Waals surface area contributed by atoms with Crippen LogP contribution < -0.4 is 15.6 Å². The van der Waals surface area contributed by atoms with Gasteiger partial charge in [0.15, 0.2) is 5.60 Å². The molecular formula is C20H23N5O7. The smallest absolute Gasteiger partial charge is 0.267 e. The van der Waals surface area contributed by atoms with Crippen LogP contribution in [0.15, 0.2) is 35.1 Å². The summed E-state index contributed by atoms with van der Waals surface area (Å²) in [5.74, 6) is 0.624. The monoisotopic (exact) mass is 445 g/mol. The second-order valence-electron chi connectivity index (χ2n) is 7.30. The number of rotatable bonds is 9. The molecule has 0 saturated heterocycles. The minimum atomic E-state index is -1.26. The zero-order valence-corrected chi connectivity index (χ0v) is 17.6. The van der Waals surface area contributed by atoms with Crippen molar-refractivity contribution in [3.63, 3.8) is 0 Å². The van der Waals surface area contributed by atoms with Crippen molar-refractivity contribution in [2.45, 2.75) is 24.3 Å². The van der Waals surface area contributed by atoms with Crippen molar-refractivity contribution in [3.05, 3.63) is 61.9 Å². The van der Waals surface area contributed by atoms with Crippen LogP contribution in [0.4, 0.5) is 5.82 Å². The normalized spacial score (nSPS) is 18.8. The standard InChI is InChI=1S/C20H23N5O7/c1-30-11-20(12-31-2)19(27)18(14-9-13(10-21)3-4-15(14)32-20)22-16-5-6-17(26)24(23-16)7-8-25(28)29/h3-6,9,18-19,27H,7-8,11-12H2,1-2H3,(H,22,23)/t18-,19+/m1/s1. The predicted octanol–water partition coefficient (Wildman–Crippen LogP) is 0.330. The third-order valence-electron chi connectivity index (χ3n) is 5.08. The minimum Gasteiger partial charge on any atom is -0.479 e. The molecule has 2 aromatic rings. The Morgan fingerprint density at radius 1 is 1.34 bits per heavy atom. The molecule has 2 atom stereocenters. The molecule has 2 heterocycles. The van der Waals surface area contributed by atoms with Gasteiger partial charge in [-0.2, -0.15) is 10.4 Å². The van der Waals surface area contributed by atoms with E-state index in [9.17, 15) is 25.3 Å². The Hall–Kier alpha value is -3.53. The number of nitrogens with one attached hydrogen (secondary N) is 1. The van der Waals surface area contributed by atoms with Gasteiger partial charge in [-0.25, -0.2) is 4.68 Å². The average Bonchev–Trinajstić information content (AvgIpc) is 2.77. The Bertz CT molecular complexity index is 1070. The topological polar surface area (TPSA) is 162 Å². The first kappa shape index (κ1) is 23.1. The highest BCUT2D eigenvalue weighted by Gasteiger charge is 2.50. The van der Waals surface area contributed by atoms with Gasteiger partial charge in [-0.3, -0.25) is 14.9 Å². The molecule has 0 radical (unpaired) electrons. The second-order valence-corrected chi connectivity index (χ2v) is 7.30. The third kappa shape index (κ3) is 4.70. The molecule has 0 amide bonds. The molecule has 0 aliphatic carbocycles. The molecule has 12 nitrogen and oxygen atoms in total. The summed E-state index contributed by atoms with van der Waals surface area (Å²) in [6.45, 7) is -0.648. The molecule has 170 valence electrons. The second kappa shape index (κ2) is 9.73. The lowest BCUT2D eigenvalue weighted by Gasteiger charge is -2.45. The van der Waals surface area contributed by atoms with E-state index in [-0.39, 0.29) is 25.6 Å². The minimum absolute atomic E-state index is 0.00931. The van der Waals surface area contributed by atoms with E-state index in [1.165, 1.54) is 26.4 Å². The highest BCUT2D eigenvalue weighted by Crippen LogP contribution is 2.42. The number of benzene rings is 1. The predicted molar refractivity (Wildman–Crippen MR) is 111 cm³/mol. The summed E-state index contributed by atoms with van der Waals surface area (Å²) in [6, 6.07) is 8.68. The summed E-state index contributed by atoms with van der Waals surface area (Å²) in [4.78, 5) is 22.1. The summed E-state index contributed by atoms with van der Waals surface area (Å²) < 4.78 is 17.6. The molecule has 0 unspecified atom stereocenters. The van der Waals surface area contributed by atoms with Gasteiger partial charge in [0.1, 0.15) is 24.2 Å². The summed E-state index contributed by atoms with van der Waals surface area (Å²) in [7, 11) is 2.94. The molecule has 0 fully saturated rings. The van der Waals surface area contributed by atoms with Gasteiger partial charge in [0.2, 0.25) is 6.54 Å². The van der Waals surface area contributed by atoms with Crippen LogP contribution in [0.25, 0.3) is 0 Å². The Morgan fingerprint density at radius 3 is 2.69 bits per heavy atom. The number of nitriles is 1. The number of aromatic nitrogens is 2. The first-order valence-electron chi connectivity index (χ1n) is 9.69. The molecule has 2 N–H and O–H groups in total. The molecule has 12 heteroatoms. The highest BCUT2D eigenvalue weighted by molar-refractivity contribution is 5.50. The number of nitrogens with zero attached hydrogens (tertiary/aromatic N) is 4. The first-order valence-corrected chi connectivity index (χ1v) is 9.69. The zero-order chi connectivity index (χ0) is 23.3. The number of nitro groups is 1. The van der Waals surface area contributed by atoms with Crippen molar-refractivity contribution in [1.82, 2.24) is 9.78 Å². The maximum Gasteiger partial charge on any atom is 0.267 e. The van der Waals surface area contributed by atoms with Crippen LogP contribution in [0.2, 0.25) is 0 Å². The van der Waals surface area contributed by atoms with Crippen molar-refractivity contribution in [3.8, 4) is 11.8 Å². The van der Waals surface area contributed by atoms with Gasteiger partial charge in [-0.1, -0.05) is 0 Å². The average molecular weight is 445 g/mol. The fourth-order valence-corrected chi connectivity index (χ4v) is 3.65. The lowest BCUT2D eigenvalue weighted by atomic mass is 9.84. The van der Waals surface area contributed by atoms with Gasteiger partial charge in [-0.15, -0.1) is 0 Å². The Labute approximate surface area is 183 Å². The third-order valence-corrected chi connectivity index (χ3v) is 5.08. The van der Waals surface area contributed by atoms with Gasteiger partial charge in [0, 0.05) is 30.8 Å². The van der Waals surface area contributed by atoms with E-state index >= 15 is 0 Å². The van der Waals surface area contributed by atoms with E-state index in [0.29, 0.717) is 16.9 Å². The summed E-state index contributed by atoms with van der Waals surface area (Å²) in [5.41, 5.74) is -0.891. The van der Waals surface area contributed by atoms with Gasteiger partial charge < -0.3 is 24.6 Å². The van der Waals surface area contributed by atoms with Crippen molar-refractivity contribution >= 4 is 5.82 Å². The molecule has 1 aliphatic rings. The van der Waals surface area contributed by atoms with Crippen molar-refractivity contribution in [2.24, 2.45) is 0 Å². The number of hydrogen-bond donors (Lipinski definition) is 2. The lowest BCUT2D eigenvalue weighted by Crippen LogP contribution is -2.60. The molecule has 1 aliphatic heterocycles. The number of aliphatic hydroxyl groups excluding tert-OH is 1. The highest BCUT2D eigenvalue weighted by atomic mass is 16.6. The van der Waals surface area contributed by atoms with Gasteiger partial charge in [0.25, 0.3) is 5.56 Å². The molecule has 0 spiro atoms. The number of hydrogen-bond acceptors (Lipinski definition) is 10. The van der Waals surface area contributed by atoms with Crippen molar-refractivity contribution in [2.75, 3.05) is 39.3 Å². The summed E-state index contributed by atoms with van der Waals surface area (Å²) in [5, 5.41) is 38.5. The van der Waals surface area contributed by atoms with Crippen LogP contribution in [0, 0.1) is 21.4 Å². The SMILES string of the molecule is COCC1(COC)Oc2ccc(C#N)cc2[C@@H](Nc2ccc(=O)n(CC[N+](=O)[O-])n2)[C@@H]1O. The Balaban J connectivity index is 2.03. The van der Waals surface area contributed by atoms with Crippen LogP contribution in [-0.4, -0.2) is 65.5 Å². The fraction of sp³-hybridized carbons (Fsp3) is 0.450. The van der Waals surface area contributed by atoms with Gasteiger partial charge >= 0.3 is 0 Å². The first-order chi connectivity index (χ1) is 15.3. The molecule has 0 saturated carbocycles. The van der Waals surface area contributed by atoms with Gasteiger partial charge in [0.05, 0.1) is 30.9 Å².